The Morgan fingerprint density at radius 2 is 1.41 bits per heavy atom. The van der Waals surface area contributed by atoms with Crippen LogP contribution in [-0.2, 0) is 19.1 Å². The number of esters is 2. The van der Waals surface area contributed by atoms with Gasteiger partial charge in [0.1, 0.15) is 6.61 Å². The molecule has 0 aromatic carbocycles. The van der Waals surface area contributed by atoms with E-state index < -0.39 is 0 Å². The minimum atomic E-state index is -0.257. The van der Waals surface area contributed by atoms with Crippen molar-refractivity contribution in [2.75, 3.05) is 13.2 Å². The Morgan fingerprint density at radius 1 is 0.864 bits per heavy atom. The highest BCUT2D eigenvalue weighted by molar-refractivity contribution is 6.20. The van der Waals surface area contributed by atoms with E-state index in [1.165, 1.54) is 25.7 Å². The first-order valence-electron chi connectivity index (χ1n) is 8.51. The van der Waals surface area contributed by atoms with Crippen molar-refractivity contribution in [2.24, 2.45) is 0 Å². The molecule has 0 saturated carbocycles. The molecular formula is C17H31ClO4. The highest BCUT2D eigenvalue weighted by atomic mass is 35.5. The van der Waals surface area contributed by atoms with Crippen molar-refractivity contribution in [2.45, 2.75) is 83.4 Å². The molecule has 130 valence electrons. The summed E-state index contributed by atoms with van der Waals surface area (Å²) in [7, 11) is 0. The summed E-state index contributed by atoms with van der Waals surface area (Å²) < 4.78 is 10.1. The van der Waals surface area contributed by atoms with Gasteiger partial charge in [0.2, 0.25) is 0 Å². The van der Waals surface area contributed by atoms with Gasteiger partial charge in [-0.05, 0) is 26.2 Å². The molecule has 0 saturated heterocycles. The van der Waals surface area contributed by atoms with Gasteiger partial charge in [0, 0.05) is 12.8 Å². The fraction of sp³-hybridized carbons (Fsp3) is 0.882. The van der Waals surface area contributed by atoms with E-state index in [9.17, 15) is 9.59 Å². The van der Waals surface area contributed by atoms with Gasteiger partial charge in [-0.2, -0.15) is 0 Å². The third-order valence-electron chi connectivity index (χ3n) is 3.25. The lowest BCUT2D eigenvalue weighted by Crippen LogP contribution is -2.11. The summed E-state index contributed by atoms with van der Waals surface area (Å²) in [6.07, 6.45) is 9.07. The highest BCUT2D eigenvalue weighted by Gasteiger charge is 2.07. The Kier molecular flexibility index (Phi) is 14.6. The molecule has 4 nitrogen and oxygen atoms in total. The van der Waals surface area contributed by atoms with Crippen LogP contribution in [0.25, 0.3) is 0 Å². The number of ether oxygens (including phenoxy) is 2. The second-order valence-electron chi connectivity index (χ2n) is 5.66. The lowest BCUT2D eigenvalue weighted by atomic mass is 10.1. The molecule has 5 heteroatoms. The summed E-state index contributed by atoms with van der Waals surface area (Å²) in [5.74, 6) is -0.427. The van der Waals surface area contributed by atoms with Gasteiger partial charge >= 0.3 is 11.9 Å². The molecule has 1 unspecified atom stereocenters. The zero-order valence-electron chi connectivity index (χ0n) is 14.1. The summed E-state index contributed by atoms with van der Waals surface area (Å²) in [5, 5.41) is -0.166. The third-order valence-corrected chi connectivity index (χ3v) is 3.37. The van der Waals surface area contributed by atoms with Gasteiger partial charge in [0.25, 0.3) is 0 Å². The smallest absolute Gasteiger partial charge is 0.305 e. The summed E-state index contributed by atoms with van der Waals surface area (Å²) in [4.78, 5) is 22.8. The van der Waals surface area contributed by atoms with E-state index >= 15 is 0 Å². The Hall–Kier alpha value is -0.770. The largest absolute Gasteiger partial charge is 0.466 e. The molecule has 1 atom stereocenters. The molecule has 0 aromatic heterocycles. The Labute approximate surface area is 139 Å². The second kappa shape index (κ2) is 15.1. The second-order valence-corrected chi connectivity index (χ2v) is 6.40. The molecule has 0 amide bonds. The molecule has 0 bridgehead atoms. The summed E-state index contributed by atoms with van der Waals surface area (Å²) in [6.45, 7) is 4.72. The standard InChI is InChI=1S/C17H31ClO4/c1-3-4-5-6-7-10-13-21-16(19)11-8-9-12-17(20)22-14-15(2)18/h15H,3-14H2,1-2H3. The van der Waals surface area contributed by atoms with Crippen LogP contribution in [0.5, 0.6) is 0 Å². The quantitative estimate of drug-likeness (QED) is 0.264. The topological polar surface area (TPSA) is 52.6 Å². The van der Waals surface area contributed by atoms with E-state index in [1.54, 1.807) is 6.92 Å². The van der Waals surface area contributed by atoms with Crippen molar-refractivity contribution in [3.63, 3.8) is 0 Å². The lowest BCUT2D eigenvalue weighted by Gasteiger charge is -2.06. The molecule has 0 rings (SSSR count). The first-order valence-corrected chi connectivity index (χ1v) is 8.95. The molecule has 0 fully saturated rings. The average molecular weight is 335 g/mol. The molecule has 0 aliphatic rings. The van der Waals surface area contributed by atoms with Crippen LogP contribution in [0, 0.1) is 0 Å². The summed E-state index contributed by atoms with van der Waals surface area (Å²) >= 11 is 5.68. The summed E-state index contributed by atoms with van der Waals surface area (Å²) in [5.41, 5.74) is 0. The van der Waals surface area contributed by atoms with Crippen molar-refractivity contribution in [3.8, 4) is 0 Å². The number of hydrogen-bond donors (Lipinski definition) is 0. The highest BCUT2D eigenvalue weighted by Crippen LogP contribution is 2.07. The summed E-state index contributed by atoms with van der Waals surface area (Å²) in [6, 6.07) is 0. The average Bonchev–Trinajstić information content (AvgIpc) is 2.48. The molecule has 0 aliphatic heterocycles. The number of carbonyl (C=O) groups is 2. The van der Waals surface area contributed by atoms with E-state index in [0.29, 0.717) is 32.3 Å². The number of carbonyl (C=O) groups excluding carboxylic acids is 2. The fourth-order valence-corrected chi connectivity index (χ4v) is 2.02. The van der Waals surface area contributed by atoms with Crippen LogP contribution in [0.2, 0.25) is 0 Å². The van der Waals surface area contributed by atoms with Crippen LogP contribution < -0.4 is 0 Å². The number of halogens is 1. The zero-order chi connectivity index (χ0) is 16.6. The van der Waals surface area contributed by atoms with Crippen LogP contribution in [0.3, 0.4) is 0 Å². The molecule has 0 spiro atoms. The maximum Gasteiger partial charge on any atom is 0.305 e. The molecule has 0 N–H and O–H groups in total. The van der Waals surface area contributed by atoms with E-state index in [-0.39, 0.29) is 23.9 Å². The Morgan fingerprint density at radius 3 is 2.00 bits per heavy atom. The van der Waals surface area contributed by atoms with Gasteiger partial charge < -0.3 is 9.47 Å². The molecule has 0 aromatic rings. The predicted molar refractivity (Wildman–Crippen MR) is 89.1 cm³/mol. The first kappa shape index (κ1) is 21.2. The van der Waals surface area contributed by atoms with Crippen LogP contribution >= 0.6 is 11.6 Å². The van der Waals surface area contributed by atoms with E-state index in [2.05, 4.69) is 6.92 Å². The molecular weight excluding hydrogens is 304 g/mol. The maximum atomic E-state index is 11.5. The minimum Gasteiger partial charge on any atom is -0.466 e. The monoisotopic (exact) mass is 334 g/mol. The Balaban J connectivity index is 3.34. The van der Waals surface area contributed by atoms with Crippen LogP contribution in [0.4, 0.5) is 0 Å². The van der Waals surface area contributed by atoms with Gasteiger partial charge in [-0.25, -0.2) is 0 Å². The van der Waals surface area contributed by atoms with Crippen LogP contribution in [-0.4, -0.2) is 30.5 Å². The third kappa shape index (κ3) is 15.6. The van der Waals surface area contributed by atoms with Gasteiger partial charge in [-0.3, -0.25) is 9.59 Å². The predicted octanol–water partition coefficient (Wildman–Crippen LogP) is 4.62. The van der Waals surface area contributed by atoms with Gasteiger partial charge in [-0.15, -0.1) is 11.6 Å². The number of hydrogen-bond acceptors (Lipinski definition) is 4. The molecule has 0 heterocycles. The van der Waals surface area contributed by atoms with Crippen molar-refractivity contribution >= 4 is 23.5 Å². The Bertz CT molecular complexity index is 292. The maximum absolute atomic E-state index is 11.5. The van der Waals surface area contributed by atoms with Crippen molar-refractivity contribution in [1.82, 2.24) is 0 Å². The molecule has 22 heavy (non-hydrogen) atoms. The molecule has 0 radical (unpaired) electrons. The van der Waals surface area contributed by atoms with Gasteiger partial charge in [0.15, 0.2) is 0 Å². The van der Waals surface area contributed by atoms with Crippen molar-refractivity contribution < 1.29 is 19.1 Å². The van der Waals surface area contributed by atoms with Crippen LogP contribution in [0.1, 0.15) is 78.1 Å². The normalized spacial score (nSPS) is 12.0. The van der Waals surface area contributed by atoms with E-state index in [0.717, 1.165) is 12.8 Å². The lowest BCUT2D eigenvalue weighted by molar-refractivity contribution is -0.146. The fourth-order valence-electron chi connectivity index (χ4n) is 1.96. The number of unbranched alkanes of at least 4 members (excludes halogenated alkanes) is 6. The number of rotatable bonds is 14. The van der Waals surface area contributed by atoms with E-state index in [1.807, 2.05) is 0 Å². The minimum absolute atomic E-state index is 0.166. The van der Waals surface area contributed by atoms with Crippen LogP contribution in [0.15, 0.2) is 0 Å². The van der Waals surface area contributed by atoms with Gasteiger partial charge in [0.05, 0.1) is 12.0 Å². The van der Waals surface area contributed by atoms with Crippen molar-refractivity contribution in [3.05, 3.63) is 0 Å². The molecule has 0 aliphatic carbocycles. The van der Waals surface area contributed by atoms with Crippen molar-refractivity contribution in [1.29, 1.82) is 0 Å². The zero-order valence-corrected chi connectivity index (χ0v) is 14.8. The number of alkyl halides is 1. The first-order chi connectivity index (χ1) is 10.6. The van der Waals surface area contributed by atoms with Gasteiger partial charge in [-0.1, -0.05) is 39.0 Å². The SMILES string of the molecule is CCCCCCCCOC(=O)CCCCC(=O)OCC(C)Cl. The van der Waals surface area contributed by atoms with E-state index in [4.69, 9.17) is 21.1 Å².